The molecule has 0 heterocycles. The lowest BCUT2D eigenvalue weighted by molar-refractivity contribution is 0.0983. The molecule has 0 unspecified atom stereocenters. The molecule has 0 saturated heterocycles. The third kappa shape index (κ3) is 3.30. The summed E-state index contributed by atoms with van der Waals surface area (Å²) >= 11 is 0. The molecule has 0 spiro atoms. The molecule has 18 heavy (non-hydrogen) atoms. The quantitative estimate of drug-likeness (QED) is 0.473. The number of benzene rings is 1. The molecule has 0 saturated carbocycles. The Balaban J connectivity index is 1.95. The Morgan fingerprint density at radius 3 is 2.83 bits per heavy atom. The van der Waals surface area contributed by atoms with Crippen LogP contribution in [0.25, 0.3) is 0 Å². The Kier molecular flexibility index (Phi) is 4.71. The van der Waals surface area contributed by atoms with Crippen LogP contribution >= 0.6 is 0 Å². The van der Waals surface area contributed by atoms with Crippen LogP contribution in [0.1, 0.15) is 40.7 Å². The Morgan fingerprint density at radius 1 is 1.28 bits per heavy atom. The fourth-order valence-corrected chi connectivity index (χ4v) is 2.46. The predicted octanol–water partition coefficient (Wildman–Crippen LogP) is 2.91. The second-order valence-electron chi connectivity index (χ2n) is 4.86. The number of nitrogens with one attached hydrogen (secondary N) is 1. The van der Waals surface area contributed by atoms with E-state index in [1.54, 1.807) is 0 Å². The molecule has 1 aromatic carbocycles. The largest absolute Gasteiger partial charge is 0.313 e. The molecule has 96 valence electrons. The van der Waals surface area contributed by atoms with Crippen molar-refractivity contribution in [1.29, 1.82) is 0 Å². The van der Waals surface area contributed by atoms with E-state index in [1.807, 2.05) is 12.1 Å². The molecule has 0 aromatic heterocycles. The number of rotatable bonds is 6. The summed E-state index contributed by atoms with van der Waals surface area (Å²) in [5, 5.41) is 3.16. The molecule has 2 rings (SSSR count). The van der Waals surface area contributed by atoms with Crippen molar-refractivity contribution < 1.29 is 4.79 Å². The van der Waals surface area contributed by atoms with Crippen molar-refractivity contribution >= 4 is 5.78 Å². The van der Waals surface area contributed by atoms with Crippen molar-refractivity contribution in [3.05, 3.63) is 47.5 Å². The molecule has 1 aromatic rings. The highest BCUT2D eigenvalue weighted by Crippen LogP contribution is 2.22. The minimum Gasteiger partial charge on any atom is -0.313 e. The number of hydrogen-bond acceptors (Lipinski definition) is 2. The number of aryl methyl sites for hydroxylation is 2. The van der Waals surface area contributed by atoms with Crippen molar-refractivity contribution in [2.75, 3.05) is 13.1 Å². The molecule has 2 nitrogen and oxygen atoms in total. The van der Waals surface area contributed by atoms with Gasteiger partial charge in [-0.2, -0.15) is 0 Å². The molecule has 0 radical (unpaired) electrons. The standard InChI is InChI=1S/C16H21NO/c1-2-10-17-11-9-16(18)15-8-7-13-5-3-4-6-14(13)12-15/h2,7-8,12,17H,1,3-6,9-11H2. The lowest BCUT2D eigenvalue weighted by Crippen LogP contribution is -2.18. The molecule has 0 amide bonds. The van der Waals surface area contributed by atoms with E-state index < -0.39 is 0 Å². The van der Waals surface area contributed by atoms with Crippen molar-refractivity contribution in [3.8, 4) is 0 Å². The molecule has 1 aliphatic rings. The first-order valence-electron chi connectivity index (χ1n) is 6.78. The molecule has 0 fully saturated rings. The van der Waals surface area contributed by atoms with Gasteiger partial charge in [0.1, 0.15) is 0 Å². The van der Waals surface area contributed by atoms with Crippen LogP contribution in [0.5, 0.6) is 0 Å². The first-order chi connectivity index (χ1) is 8.81. The molecule has 1 aliphatic carbocycles. The zero-order valence-electron chi connectivity index (χ0n) is 10.9. The summed E-state index contributed by atoms with van der Waals surface area (Å²) < 4.78 is 0. The second kappa shape index (κ2) is 6.50. The number of carbonyl (C=O) groups is 1. The van der Waals surface area contributed by atoms with Gasteiger partial charge < -0.3 is 5.32 Å². The van der Waals surface area contributed by atoms with Gasteiger partial charge in [0.25, 0.3) is 0 Å². The Hall–Kier alpha value is -1.41. The summed E-state index contributed by atoms with van der Waals surface area (Å²) in [4.78, 5) is 12.0. The number of ketones is 1. The van der Waals surface area contributed by atoms with Gasteiger partial charge in [-0.1, -0.05) is 18.2 Å². The fraction of sp³-hybridized carbons (Fsp3) is 0.438. The third-order valence-corrected chi connectivity index (χ3v) is 3.49. The molecule has 0 aliphatic heterocycles. The minimum atomic E-state index is 0.236. The van der Waals surface area contributed by atoms with Crippen LogP contribution in [-0.2, 0) is 12.8 Å². The summed E-state index contributed by atoms with van der Waals surface area (Å²) in [5.74, 6) is 0.236. The van der Waals surface area contributed by atoms with Crippen LogP contribution in [0.15, 0.2) is 30.9 Å². The highest BCUT2D eigenvalue weighted by Gasteiger charge is 2.12. The van der Waals surface area contributed by atoms with Crippen LogP contribution in [0, 0.1) is 0 Å². The van der Waals surface area contributed by atoms with E-state index in [0.717, 1.165) is 25.1 Å². The van der Waals surface area contributed by atoms with Gasteiger partial charge in [0, 0.05) is 25.1 Å². The van der Waals surface area contributed by atoms with E-state index in [4.69, 9.17) is 0 Å². The van der Waals surface area contributed by atoms with Crippen LogP contribution in [-0.4, -0.2) is 18.9 Å². The fourth-order valence-electron chi connectivity index (χ4n) is 2.46. The summed E-state index contributed by atoms with van der Waals surface area (Å²) in [7, 11) is 0. The Bertz CT molecular complexity index is 437. The maximum Gasteiger partial charge on any atom is 0.164 e. The van der Waals surface area contributed by atoms with Crippen LogP contribution in [0.4, 0.5) is 0 Å². The van der Waals surface area contributed by atoms with E-state index >= 15 is 0 Å². The number of carbonyl (C=O) groups excluding carboxylic acids is 1. The first kappa shape index (κ1) is 13.0. The van der Waals surface area contributed by atoms with Gasteiger partial charge in [-0.3, -0.25) is 4.79 Å². The molecule has 0 atom stereocenters. The molecule has 1 N–H and O–H groups in total. The van der Waals surface area contributed by atoms with Crippen molar-refractivity contribution in [1.82, 2.24) is 5.32 Å². The van der Waals surface area contributed by atoms with Gasteiger partial charge in [0.2, 0.25) is 0 Å². The highest BCUT2D eigenvalue weighted by atomic mass is 16.1. The topological polar surface area (TPSA) is 29.1 Å². The van der Waals surface area contributed by atoms with Crippen molar-refractivity contribution in [2.45, 2.75) is 32.1 Å². The van der Waals surface area contributed by atoms with Crippen LogP contribution < -0.4 is 5.32 Å². The summed E-state index contributed by atoms with van der Waals surface area (Å²) in [6, 6.07) is 6.23. The molecule has 0 bridgehead atoms. The Morgan fingerprint density at radius 2 is 2.06 bits per heavy atom. The number of hydrogen-bond donors (Lipinski definition) is 1. The van der Waals surface area contributed by atoms with Gasteiger partial charge in [0.05, 0.1) is 0 Å². The maximum atomic E-state index is 12.0. The Labute approximate surface area is 109 Å². The minimum absolute atomic E-state index is 0.236. The average molecular weight is 243 g/mol. The summed E-state index contributed by atoms with van der Waals surface area (Å²) in [6.07, 6.45) is 7.21. The van der Waals surface area contributed by atoms with Gasteiger partial charge in [-0.25, -0.2) is 0 Å². The predicted molar refractivity (Wildman–Crippen MR) is 75.1 cm³/mol. The molecule has 2 heteroatoms. The van der Waals surface area contributed by atoms with E-state index in [9.17, 15) is 4.79 Å². The summed E-state index contributed by atoms with van der Waals surface area (Å²) in [6.45, 7) is 5.12. The van der Waals surface area contributed by atoms with Gasteiger partial charge in [-0.05, 0) is 42.9 Å². The first-order valence-corrected chi connectivity index (χ1v) is 6.78. The summed E-state index contributed by atoms with van der Waals surface area (Å²) in [5.41, 5.74) is 3.68. The van der Waals surface area contributed by atoms with E-state index in [2.05, 4.69) is 24.0 Å². The second-order valence-corrected chi connectivity index (χ2v) is 4.86. The molecular formula is C16H21NO. The lowest BCUT2D eigenvalue weighted by Gasteiger charge is -2.16. The van der Waals surface area contributed by atoms with E-state index in [1.165, 1.54) is 30.4 Å². The normalized spacial score (nSPS) is 14.0. The molecular weight excluding hydrogens is 222 g/mol. The third-order valence-electron chi connectivity index (χ3n) is 3.49. The zero-order valence-corrected chi connectivity index (χ0v) is 10.9. The van der Waals surface area contributed by atoms with Gasteiger partial charge in [0.15, 0.2) is 5.78 Å². The maximum absolute atomic E-state index is 12.0. The number of fused-ring (bicyclic) bond motifs is 1. The van der Waals surface area contributed by atoms with Crippen molar-refractivity contribution in [3.63, 3.8) is 0 Å². The SMILES string of the molecule is C=CCNCCC(=O)c1ccc2c(c1)CCCC2. The monoisotopic (exact) mass is 243 g/mol. The highest BCUT2D eigenvalue weighted by molar-refractivity contribution is 5.96. The van der Waals surface area contributed by atoms with Gasteiger partial charge in [-0.15, -0.1) is 6.58 Å². The average Bonchev–Trinajstić information content (AvgIpc) is 2.43. The van der Waals surface area contributed by atoms with E-state index in [0.29, 0.717) is 6.42 Å². The van der Waals surface area contributed by atoms with Crippen molar-refractivity contribution in [2.24, 2.45) is 0 Å². The van der Waals surface area contributed by atoms with Crippen LogP contribution in [0.3, 0.4) is 0 Å². The smallest absolute Gasteiger partial charge is 0.164 e. The lowest BCUT2D eigenvalue weighted by atomic mass is 9.89. The van der Waals surface area contributed by atoms with E-state index in [-0.39, 0.29) is 5.78 Å². The van der Waals surface area contributed by atoms with Crippen LogP contribution in [0.2, 0.25) is 0 Å². The number of Topliss-reactive ketones (excluding diaryl/α,β-unsaturated/α-hetero) is 1. The van der Waals surface area contributed by atoms with Gasteiger partial charge >= 0.3 is 0 Å². The zero-order chi connectivity index (χ0) is 12.8.